The normalized spacial score (nSPS) is 12.2. The van der Waals surface area contributed by atoms with E-state index in [4.69, 9.17) is 23.2 Å². The number of benzene rings is 2. The van der Waals surface area contributed by atoms with Crippen LogP contribution in [0.15, 0.2) is 42.5 Å². The van der Waals surface area contributed by atoms with Gasteiger partial charge in [-0.3, -0.25) is 13.9 Å². The lowest BCUT2D eigenvalue weighted by molar-refractivity contribution is -0.141. The Morgan fingerprint density at radius 3 is 2.29 bits per heavy atom. The van der Waals surface area contributed by atoms with Gasteiger partial charge in [-0.1, -0.05) is 54.4 Å². The van der Waals surface area contributed by atoms with Gasteiger partial charge in [0.25, 0.3) is 0 Å². The first-order chi connectivity index (χ1) is 16.0. The van der Waals surface area contributed by atoms with Crippen molar-refractivity contribution in [3.8, 4) is 0 Å². The fourth-order valence-corrected chi connectivity index (χ4v) is 5.13. The number of carbonyl (C=O) groups is 2. The van der Waals surface area contributed by atoms with E-state index in [0.29, 0.717) is 27.7 Å². The molecule has 34 heavy (non-hydrogen) atoms. The zero-order chi connectivity index (χ0) is 25.5. The summed E-state index contributed by atoms with van der Waals surface area (Å²) in [5.74, 6) is -0.526. The summed E-state index contributed by atoms with van der Waals surface area (Å²) in [5.41, 5.74) is 1.85. The van der Waals surface area contributed by atoms with Gasteiger partial charge in [0.2, 0.25) is 21.8 Å². The molecule has 10 heteroatoms. The Labute approximate surface area is 212 Å². The third kappa shape index (κ3) is 7.10. The van der Waals surface area contributed by atoms with E-state index in [1.807, 2.05) is 19.1 Å². The molecule has 0 aliphatic carbocycles. The van der Waals surface area contributed by atoms with Gasteiger partial charge < -0.3 is 10.2 Å². The van der Waals surface area contributed by atoms with E-state index >= 15 is 0 Å². The molecule has 186 valence electrons. The second-order valence-corrected chi connectivity index (χ2v) is 10.7. The molecular formula is C24H31Cl2N3O4S. The number of hydrogen-bond acceptors (Lipinski definition) is 4. The Bertz CT molecular complexity index is 1120. The predicted octanol–water partition coefficient (Wildman–Crippen LogP) is 4.40. The van der Waals surface area contributed by atoms with Crippen molar-refractivity contribution < 1.29 is 18.0 Å². The minimum Gasteiger partial charge on any atom is -0.357 e. The zero-order valence-corrected chi connectivity index (χ0v) is 22.2. The van der Waals surface area contributed by atoms with Crippen molar-refractivity contribution in [3.05, 3.63) is 63.6 Å². The van der Waals surface area contributed by atoms with Crippen molar-refractivity contribution in [2.75, 3.05) is 24.2 Å². The summed E-state index contributed by atoms with van der Waals surface area (Å²) in [5, 5.41) is 3.58. The first kappa shape index (κ1) is 28.0. The van der Waals surface area contributed by atoms with E-state index in [1.165, 1.54) is 16.3 Å². The van der Waals surface area contributed by atoms with Crippen LogP contribution in [0, 0.1) is 6.92 Å². The molecule has 2 aromatic carbocycles. The summed E-state index contributed by atoms with van der Waals surface area (Å²) in [4.78, 5) is 27.3. The van der Waals surface area contributed by atoms with E-state index in [9.17, 15) is 18.0 Å². The third-order valence-electron chi connectivity index (χ3n) is 5.59. The zero-order valence-electron chi connectivity index (χ0n) is 19.8. The number of nitrogens with one attached hydrogen (secondary N) is 1. The number of anilines is 1. The highest BCUT2D eigenvalue weighted by molar-refractivity contribution is 7.92. The Balaban J connectivity index is 2.24. The first-order valence-electron chi connectivity index (χ1n) is 11.0. The number of amides is 2. The molecule has 1 N–H and O–H groups in total. The van der Waals surface area contributed by atoms with Crippen LogP contribution < -0.4 is 9.62 Å². The van der Waals surface area contributed by atoms with Crippen LogP contribution in [0.5, 0.6) is 0 Å². The van der Waals surface area contributed by atoms with Crippen LogP contribution in [0.4, 0.5) is 5.69 Å². The van der Waals surface area contributed by atoms with Crippen LogP contribution in [0.25, 0.3) is 0 Å². The van der Waals surface area contributed by atoms with Crippen LogP contribution >= 0.6 is 23.2 Å². The number of halogens is 2. The summed E-state index contributed by atoms with van der Waals surface area (Å²) in [6, 6.07) is 11.6. The molecule has 7 nitrogen and oxygen atoms in total. The minimum atomic E-state index is -3.60. The fourth-order valence-electron chi connectivity index (χ4n) is 3.74. The van der Waals surface area contributed by atoms with Crippen LogP contribution in [-0.4, -0.2) is 51.0 Å². The summed E-state index contributed by atoms with van der Waals surface area (Å²) in [6.45, 7) is 3.86. The molecule has 0 aliphatic rings. The average Bonchev–Trinajstić information content (AvgIpc) is 2.78. The van der Waals surface area contributed by atoms with Crippen molar-refractivity contribution in [1.82, 2.24) is 10.2 Å². The van der Waals surface area contributed by atoms with E-state index in [0.717, 1.165) is 11.8 Å². The molecular weight excluding hydrogens is 497 g/mol. The second-order valence-electron chi connectivity index (χ2n) is 7.97. The maximum absolute atomic E-state index is 13.3. The third-order valence-corrected chi connectivity index (χ3v) is 7.55. The van der Waals surface area contributed by atoms with Gasteiger partial charge in [0.1, 0.15) is 6.04 Å². The number of hydrogen-bond donors (Lipinski definition) is 1. The van der Waals surface area contributed by atoms with Crippen molar-refractivity contribution in [2.45, 2.75) is 45.7 Å². The van der Waals surface area contributed by atoms with E-state index < -0.39 is 16.1 Å². The Hall–Kier alpha value is -2.29. The van der Waals surface area contributed by atoms with Gasteiger partial charge in [-0.05, 0) is 49.1 Å². The van der Waals surface area contributed by atoms with Crippen LogP contribution in [-0.2, 0) is 26.2 Å². The quantitative estimate of drug-likeness (QED) is 0.469. The van der Waals surface area contributed by atoms with Crippen molar-refractivity contribution in [1.29, 1.82) is 0 Å². The minimum absolute atomic E-state index is 0.0591. The molecule has 0 saturated carbocycles. The summed E-state index contributed by atoms with van der Waals surface area (Å²) in [7, 11) is -2.07. The van der Waals surface area contributed by atoms with Gasteiger partial charge in [-0.2, -0.15) is 0 Å². The smallest absolute Gasteiger partial charge is 0.242 e. The van der Waals surface area contributed by atoms with Gasteiger partial charge in [0, 0.05) is 36.6 Å². The number of rotatable bonds is 11. The van der Waals surface area contributed by atoms with Crippen LogP contribution in [0.3, 0.4) is 0 Å². The molecule has 0 radical (unpaired) electrons. The molecule has 0 spiro atoms. The Morgan fingerprint density at radius 1 is 1.06 bits per heavy atom. The summed E-state index contributed by atoms with van der Waals surface area (Å²) in [6.07, 6.45) is 1.87. The lowest BCUT2D eigenvalue weighted by Crippen LogP contribution is -2.48. The average molecular weight is 529 g/mol. The molecule has 0 bridgehead atoms. The predicted molar refractivity (Wildman–Crippen MR) is 138 cm³/mol. The van der Waals surface area contributed by atoms with Gasteiger partial charge in [-0.15, -0.1) is 0 Å². The monoisotopic (exact) mass is 527 g/mol. The summed E-state index contributed by atoms with van der Waals surface area (Å²) < 4.78 is 26.2. The highest BCUT2D eigenvalue weighted by Gasteiger charge is 2.29. The second kappa shape index (κ2) is 12.4. The van der Waals surface area contributed by atoms with Gasteiger partial charge in [0.05, 0.1) is 11.9 Å². The highest BCUT2D eigenvalue weighted by atomic mass is 35.5. The molecule has 1 unspecified atom stereocenters. The first-order valence-corrected chi connectivity index (χ1v) is 13.6. The Kier molecular flexibility index (Phi) is 10.2. The number of likely N-dealkylation sites (N-methyl/N-ethyl adjacent to an activating group) is 1. The van der Waals surface area contributed by atoms with Gasteiger partial charge in [-0.25, -0.2) is 8.42 Å². The van der Waals surface area contributed by atoms with Crippen molar-refractivity contribution in [3.63, 3.8) is 0 Å². The molecule has 0 heterocycles. The molecule has 0 aliphatic heterocycles. The Morgan fingerprint density at radius 2 is 1.71 bits per heavy atom. The molecule has 2 amide bonds. The van der Waals surface area contributed by atoms with Crippen LogP contribution in [0.2, 0.25) is 10.0 Å². The number of sulfonamides is 1. The maximum Gasteiger partial charge on any atom is 0.242 e. The molecule has 1 atom stereocenters. The molecule has 2 rings (SSSR count). The number of nitrogens with zero attached hydrogens (tertiary/aromatic N) is 2. The topological polar surface area (TPSA) is 86.8 Å². The summed E-state index contributed by atoms with van der Waals surface area (Å²) >= 11 is 12.5. The van der Waals surface area contributed by atoms with E-state index in [2.05, 4.69) is 5.32 Å². The van der Waals surface area contributed by atoms with E-state index in [-0.39, 0.29) is 37.7 Å². The number of carbonyl (C=O) groups excluding carboxylic acids is 2. The fraction of sp³-hybridized carbons (Fsp3) is 0.417. The standard InChI is InChI=1S/C24H31Cl2N3O4S/c1-5-21(24(31)27-3)28(16-18-10-6-7-11-20(18)26)23(30)14-9-15-29(34(4,32)33)22-13-8-12-19(25)17(22)2/h6-8,10-13,21H,5,9,14-16H2,1-4H3,(H,27,31). The van der Waals surface area contributed by atoms with Crippen LogP contribution in [0.1, 0.15) is 37.3 Å². The lowest BCUT2D eigenvalue weighted by atomic mass is 10.1. The van der Waals surface area contributed by atoms with Crippen molar-refractivity contribution >= 4 is 50.7 Å². The molecule has 2 aromatic rings. The SMILES string of the molecule is CCC(C(=O)NC)N(Cc1ccccc1Cl)C(=O)CCCN(c1cccc(Cl)c1C)S(C)(=O)=O. The van der Waals surface area contributed by atoms with Gasteiger partial charge >= 0.3 is 0 Å². The largest absolute Gasteiger partial charge is 0.357 e. The van der Waals surface area contributed by atoms with E-state index in [1.54, 1.807) is 37.3 Å². The van der Waals surface area contributed by atoms with Crippen molar-refractivity contribution in [2.24, 2.45) is 0 Å². The molecule has 0 aromatic heterocycles. The molecule has 0 saturated heterocycles. The van der Waals surface area contributed by atoms with Gasteiger partial charge in [0.15, 0.2) is 0 Å². The highest BCUT2D eigenvalue weighted by Crippen LogP contribution is 2.28. The molecule has 0 fully saturated rings. The lowest BCUT2D eigenvalue weighted by Gasteiger charge is -2.31. The maximum atomic E-state index is 13.3.